The Morgan fingerprint density at radius 1 is 1.50 bits per heavy atom. The summed E-state index contributed by atoms with van der Waals surface area (Å²) in [6.45, 7) is 3.89. The summed E-state index contributed by atoms with van der Waals surface area (Å²) >= 11 is 0. The normalized spacial score (nSPS) is 25.1. The summed E-state index contributed by atoms with van der Waals surface area (Å²) in [5.74, 6) is 2.82. The Bertz CT molecular complexity index is 499. The van der Waals surface area contributed by atoms with Gasteiger partial charge in [-0.25, -0.2) is 0 Å². The van der Waals surface area contributed by atoms with Crippen LogP contribution in [0.15, 0.2) is 23.2 Å². The van der Waals surface area contributed by atoms with Gasteiger partial charge < -0.3 is 14.8 Å². The molecule has 96 valence electrons. The highest BCUT2D eigenvalue weighted by Gasteiger charge is 2.44. The van der Waals surface area contributed by atoms with E-state index in [4.69, 9.17) is 9.47 Å². The Balaban J connectivity index is 1.99. The van der Waals surface area contributed by atoms with Gasteiger partial charge >= 0.3 is 0 Å². The van der Waals surface area contributed by atoms with Crippen molar-refractivity contribution in [2.24, 2.45) is 4.99 Å². The average molecular weight is 246 g/mol. The van der Waals surface area contributed by atoms with Crippen LogP contribution >= 0.6 is 0 Å². The van der Waals surface area contributed by atoms with Gasteiger partial charge in [-0.05, 0) is 18.6 Å². The number of methoxy groups -OCH3 is 1. The van der Waals surface area contributed by atoms with Crippen molar-refractivity contribution in [3.05, 3.63) is 23.8 Å². The summed E-state index contributed by atoms with van der Waals surface area (Å²) in [4.78, 5) is 4.54. The van der Waals surface area contributed by atoms with Gasteiger partial charge in [0.25, 0.3) is 0 Å². The first-order valence-corrected chi connectivity index (χ1v) is 6.43. The second kappa shape index (κ2) is 4.19. The van der Waals surface area contributed by atoms with Crippen molar-refractivity contribution in [2.45, 2.75) is 25.4 Å². The minimum Gasteiger partial charge on any atom is -0.496 e. The predicted octanol–water partition coefficient (Wildman–Crippen LogP) is 1.78. The summed E-state index contributed by atoms with van der Waals surface area (Å²) < 4.78 is 11.6. The molecule has 0 aromatic heterocycles. The molecule has 0 amide bonds. The van der Waals surface area contributed by atoms with Gasteiger partial charge in [0, 0.05) is 18.5 Å². The lowest BCUT2D eigenvalue weighted by atomic mass is 9.92. The lowest BCUT2D eigenvalue weighted by molar-refractivity contribution is 0.162. The molecule has 0 fully saturated rings. The average Bonchev–Trinajstić information content (AvgIpc) is 3.05. The Morgan fingerprint density at radius 3 is 3.06 bits per heavy atom. The van der Waals surface area contributed by atoms with Gasteiger partial charge in [0.05, 0.1) is 13.7 Å². The molecule has 1 aromatic carbocycles. The lowest BCUT2D eigenvalue weighted by Crippen LogP contribution is -2.48. The SMILES string of the molecule is CCC1(C2=NCCN2)Cc2c(OC)cccc2O1. The molecule has 1 N–H and O–H groups in total. The van der Waals surface area contributed by atoms with Crippen LogP contribution in [0.25, 0.3) is 0 Å². The third-order valence-corrected chi connectivity index (χ3v) is 3.75. The van der Waals surface area contributed by atoms with E-state index in [-0.39, 0.29) is 5.60 Å². The lowest BCUT2D eigenvalue weighted by Gasteiger charge is -2.27. The van der Waals surface area contributed by atoms with Gasteiger partial charge in [0.1, 0.15) is 17.3 Å². The molecular weight excluding hydrogens is 228 g/mol. The molecule has 0 saturated carbocycles. The van der Waals surface area contributed by atoms with Crippen LogP contribution in [0.5, 0.6) is 11.5 Å². The van der Waals surface area contributed by atoms with Crippen LogP contribution < -0.4 is 14.8 Å². The van der Waals surface area contributed by atoms with Crippen molar-refractivity contribution in [3.63, 3.8) is 0 Å². The Hall–Kier alpha value is -1.71. The number of benzene rings is 1. The van der Waals surface area contributed by atoms with Crippen LogP contribution in [0.2, 0.25) is 0 Å². The Labute approximate surface area is 107 Å². The monoisotopic (exact) mass is 246 g/mol. The molecule has 2 aliphatic rings. The molecule has 0 aliphatic carbocycles. The summed E-state index contributed by atoms with van der Waals surface area (Å²) in [5.41, 5.74) is 0.825. The van der Waals surface area contributed by atoms with Gasteiger partial charge in [-0.2, -0.15) is 0 Å². The maximum Gasteiger partial charge on any atom is 0.169 e. The maximum absolute atomic E-state index is 6.20. The quantitative estimate of drug-likeness (QED) is 0.884. The highest BCUT2D eigenvalue weighted by atomic mass is 16.5. The van der Waals surface area contributed by atoms with E-state index in [9.17, 15) is 0 Å². The molecule has 2 heterocycles. The number of nitrogens with one attached hydrogen (secondary N) is 1. The highest BCUT2D eigenvalue weighted by Crippen LogP contribution is 2.42. The van der Waals surface area contributed by atoms with Crippen molar-refractivity contribution < 1.29 is 9.47 Å². The number of hydrogen-bond donors (Lipinski definition) is 1. The molecule has 1 aromatic rings. The van der Waals surface area contributed by atoms with E-state index in [0.717, 1.165) is 48.8 Å². The van der Waals surface area contributed by atoms with E-state index in [1.165, 1.54) is 0 Å². The van der Waals surface area contributed by atoms with Crippen molar-refractivity contribution in [1.82, 2.24) is 5.32 Å². The first kappa shape index (κ1) is 11.4. The Kier molecular flexibility index (Phi) is 2.65. The van der Waals surface area contributed by atoms with Gasteiger partial charge in [0.15, 0.2) is 5.60 Å². The topological polar surface area (TPSA) is 42.9 Å². The van der Waals surface area contributed by atoms with Crippen molar-refractivity contribution in [3.8, 4) is 11.5 Å². The molecule has 4 nitrogen and oxygen atoms in total. The van der Waals surface area contributed by atoms with Crippen molar-refractivity contribution in [1.29, 1.82) is 0 Å². The molecule has 0 spiro atoms. The molecule has 18 heavy (non-hydrogen) atoms. The molecule has 4 heteroatoms. The number of aliphatic imine (C=N–C) groups is 1. The number of fused-ring (bicyclic) bond motifs is 1. The molecule has 0 saturated heterocycles. The molecule has 1 atom stereocenters. The summed E-state index contributed by atoms with van der Waals surface area (Å²) in [6, 6.07) is 5.95. The molecule has 0 bridgehead atoms. The van der Waals surface area contributed by atoms with E-state index in [1.807, 2.05) is 18.2 Å². The summed E-state index contributed by atoms with van der Waals surface area (Å²) in [5, 5.41) is 3.35. The standard InChI is InChI=1S/C14H18N2O2/c1-3-14(13-15-7-8-16-13)9-10-11(17-2)5-4-6-12(10)18-14/h4-6H,3,7-9H2,1-2H3,(H,15,16). The molecular formula is C14H18N2O2. The molecule has 2 aliphatic heterocycles. The van der Waals surface area contributed by atoms with E-state index in [2.05, 4.69) is 17.2 Å². The fourth-order valence-corrected chi connectivity index (χ4v) is 2.74. The van der Waals surface area contributed by atoms with Crippen LogP contribution in [0.3, 0.4) is 0 Å². The van der Waals surface area contributed by atoms with E-state index >= 15 is 0 Å². The molecule has 1 unspecified atom stereocenters. The van der Waals surface area contributed by atoms with Gasteiger partial charge in [-0.15, -0.1) is 0 Å². The van der Waals surface area contributed by atoms with Crippen LogP contribution in [-0.4, -0.2) is 31.6 Å². The number of nitrogens with zero attached hydrogens (tertiary/aromatic N) is 1. The van der Waals surface area contributed by atoms with Gasteiger partial charge in [0.2, 0.25) is 0 Å². The number of amidine groups is 1. The molecule has 0 radical (unpaired) electrons. The Morgan fingerprint density at radius 2 is 2.39 bits per heavy atom. The third kappa shape index (κ3) is 1.55. The van der Waals surface area contributed by atoms with E-state index in [1.54, 1.807) is 7.11 Å². The maximum atomic E-state index is 6.20. The minimum absolute atomic E-state index is 0.326. The summed E-state index contributed by atoms with van der Waals surface area (Å²) in [6.07, 6.45) is 1.73. The van der Waals surface area contributed by atoms with Crippen molar-refractivity contribution in [2.75, 3.05) is 20.2 Å². The second-order valence-corrected chi connectivity index (χ2v) is 4.72. The summed E-state index contributed by atoms with van der Waals surface area (Å²) in [7, 11) is 1.70. The van der Waals surface area contributed by atoms with Crippen LogP contribution in [-0.2, 0) is 6.42 Å². The van der Waals surface area contributed by atoms with Crippen LogP contribution in [0.4, 0.5) is 0 Å². The first-order chi connectivity index (χ1) is 8.79. The highest BCUT2D eigenvalue weighted by molar-refractivity contribution is 5.93. The van der Waals surface area contributed by atoms with Crippen LogP contribution in [0, 0.1) is 0 Å². The third-order valence-electron chi connectivity index (χ3n) is 3.75. The smallest absolute Gasteiger partial charge is 0.169 e. The van der Waals surface area contributed by atoms with Gasteiger partial charge in [-0.1, -0.05) is 13.0 Å². The first-order valence-electron chi connectivity index (χ1n) is 6.43. The number of ether oxygens (including phenoxy) is 2. The number of hydrogen-bond acceptors (Lipinski definition) is 4. The minimum atomic E-state index is -0.326. The van der Waals surface area contributed by atoms with Crippen molar-refractivity contribution >= 4 is 5.84 Å². The van der Waals surface area contributed by atoms with Crippen LogP contribution in [0.1, 0.15) is 18.9 Å². The largest absolute Gasteiger partial charge is 0.496 e. The molecule has 3 rings (SSSR count). The fraction of sp³-hybridized carbons (Fsp3) is 0.500. The fourth-order valence-electron chi connectivity index (χ4n) is 2.74. The zero-order valence-corrected chi connectivity index (χ0v) is 10.8. The zero-order chi connectivity index (χ0) is 12.6. The zero-order valence-electron chi connectivity index (χ0n) is 10.8. The second-order valence-electron chi connectivity index (χ2n) is 4.72. The predicted molar refractivity (Wildman–Crippen MR) is 70.7 cm³/mol. The number of rotatable bonds is 3. The van der Waals surface area contributed by atoms with E-state index in [0.29, 0.717) is 0 Å². The van der Waals surface area contributed by atoms with Gasteiger partial charge in [-0.3, -0.25) is 4.99 Å². The van der Waals surface area contributed by atoms with E-state index < -0.39 is 0 Å².